The summed E-state index contributed by atoms with van der Waals surface area (Å²) >= 11 is 0. The van der Waals surface area contributed by atoms with E-state index in [-0.39, 0.29) is 32.7 Å². The van der Waals surface area contributed by atoms with Crippen LogP contribution < -0.4 is 0 Å². The Morgan fingerprint density at radius 3 is 1.71 bits per heavy atom. The zero-order valence-corrected chi connectivity index (χ0v) is 25.1. The zero-order valence-electron chi connectivity index (χ0n) is 46.1. The Labute approximate surface area is 313 Å². The Morgan fingerprint density at radius 2 is 1.00 bits per heavy atom. The van der Waals surface area contributed by atoms with Gasteiger partial charge in [0.1, 0.15) is 11.2 Å². The Kier molecular flexibility index (Phi) is 3.16. The van der Waals surface area contributed by atoms with Gasteiger partial charge in [-0.1, -0.05) is 157 Å². The molecule has 0 radical (unpaired) electrons. The van der Waals surface area contributed by atoms with E-state index in [1.807, 2.05) is 30.3 Å². The maximum atomic E-state index is 9.58. The van der Waals surface area contributed by atoms with Gasteiger partial charge >= 0.3 is 0 Å². The second kappa shape index (κ2) is 11.1. The van der Waals surface area contributed by atoms with E-state index < -0.39 is 182 Å². The fourth-order valence-corrected chi connectivity index (χ4v) is 6.37. The van der Waals surface area contributed by atoms with Crippen LogP contribution in [0.25, 0.3) is 98.8 Å². The van der Waals surface area contributed by atoms with Gasteiger partial charge in [0.15, 0.2) is 0 Å². The van der Waals surface area contributed by atoms with E-state index in [2.05, 4.69) is 0 Å². The van der Waals surface area contributed by atoms with E-state index in [0.717, 1.165) is 11.1 Å². The maximum Gasteiger partial charge on any atom is 0.143 e. The summed E-state index contributed by atoms with van der Waals surface area (Å²) in [6.07, 6.45) is 0. The molecule has 0 unspecified atom stereocenters. The zero-order chi connectivity index (χ0) is 50.6. The van der Waals surface area contributed by atoms with Gasteiger partial charge in [0.05, 0.1) is 28.8 Å². The fraction of sp³-hybridized carbons (Fsp3) is 0. The highest BCUT2D eigenvalue weighted by molar-refractivity contribution is 6.27. The lowest BCUT2D eigenvalue weighted by Crippen LogP contribution is -1.91. The van der Waals surface area contributed by atoms with Crippen LogP contribution in [0.2, 0.25) is 0 Å². The summed E-state index contributed by atoms with van der Waals surface area (Å²) in [5, 5.41) is -3.00. The molecule has 228 valence electrons. The molecule has 1 aromatic heterocycles. The van der Waals surface area contributed by atoms with Crippen molar-refractivity contribution < 1.29 is 33.2 Å². The topological polar surface area (TPSA) is 13.1 Å². The molecule has 0 N–H and O–H groups in total. The molecule has 0 saturated carbocycles. The summed E-state index contributed by atoms with van der Waals surface area (Å²) in [4.78, 5) is 0. The molecule has 0 saturated heterocycles. The van der Waals surface area contributed by atoms with E-state index in [9.17, 15) is 12.3 Å². The van der Waals surface area contributed by atoms with Crippen LogP contribution >= 0.6 is 0 Å². The lowest BCUT2D eigenvalue weighted by atomic mass is 9.84. The molecule has 0 aliphatic heterocycles. The summed E-state index contributed by atoms with van der Waals surface area (Å²) in [5.74, 6) is 0. The third kappa shape index (κ3) is 4.40. The van der Waals surface area contributed by atoms with Gasteiger partial charge in [0, 0.05) is 16.2 Å². The van der Waals surface area contributed by atoms with Crippen LogP contribution in [0.4, 0.5) is 0 Å². The predicted molar refractivity (Wildman–Crippen MR) is 208 cm³/mol. The van der Waals surface area contributed by atoms with Gasteiger partial charge in [-0.25, -0.2) is 0 Å². The molecule has 0 bridgehead atoms. The second-order valence-corrected chi connectivity index (χ2v) is 11.2. The van der Waals surface area contributed by atoms with Gasteiger partial charge in [-0.3, -0.25) is 0 Å². The third-order valence-corrected chi connectivity index (χ3v) is 8.53. The molecule has 0 aliphatic rings. The minimum Gasteiger partial charge on any atom is -0.455 e. The second-order valence-electron chi connectivity index (χ2n) is 11.2. The Hall–Kier alpha value is -6.44. The van der Waals surface area contributed by atoms with E-state index in [0.29, 0.717) is 0 Å². The number of benzene rings is 9. The molecule has 1 heterocycles. The average molecular weight is 644 g/mol. The van der Waals surface area contributed by atoms with Crippen molar-refractivity contribution in [2.24, 2.45) is 0 Å². The first kappa shape index (κ1) is 14.0. The molecular weight excluding hydrogens is 593 g/mol. The van der Waals surface area contributed by atoms with Crippen LogP contribution in [0.15, 0.2) is 186 Å². The van der Waals surface area contributed by atoms with E-state index in [4.69, 9.17) is 20.9 Å². The quantitative estimate of drug-likeness (QED) is 0.174. The van der Waals surface area contributed by atoms with Gasteiger partial charge in [-0.2, -0.15) is 0 Å². The summed E-state index contributed by atoms with van der Waals surface area (Å²) in [6.45, 7) is 0. The summed E-state index contributed by atoms with van der Waals surface area (Å²) in [6, 6.07) is 0.107. The molecule has 9 aromatic carbocycles. The Morgan fingerprint density at radius 1 is 0.388 bits per heavy atom. The van der Waals surface area contributed by atoms with Gasteiger partial charge in [-0.15, -0.1) is 0 Å². The van der Waals surface area contributed by atoms with Crippen molar-refractivity contribution in [3.63, 3.8) is 0 Å². The fourth-order valence-electron chi connectivity index (χ4n) is 6.37. The van der Waals surface area contributed by atoms with Crippen molar-refractivity contribution in [2.75, 3.05) is 0 Å². The first-order chi connectivity index (χ1) is 33.1. The molecule has 49 heavy (non-hydrogen) atoms. The van der Waals surface area contributed by atoms with Crippen molar-refractivity contribution >= 4 is 54.3 Å². The number of fused-ring (bicyclic) bond motifs is 7. The number of hydrogen-bond donors (Lipinski definition) is 0. The molecule has 10 aromatic rings. The van der Waals surface area contributed by atoms with E-state index in [1.165, 1.54) is 0 Å². The standard InChI is InChI=1S/C48H30O/c1-3-12-31(13-4-1)33-22-24-34(25-23-33)45-38-16-7-9-18-40(38)46(41-19-10-8-17-39(41)45)42-20-11-21-44-47(42)43-29-27-36-30-35(32-14-5-2-6-15-32)26-28-37(36)48(43)49-44/h1-30H/i2D,5D,6D,7D,8D,9D,10D,11D,14D,15D,16D,17D,18D,19D,20D,21D,26D,27D,28D,29D,30D. The molecule has 1 heteroatoms. The molecule has 0 atom stereocenters. The average Bonchev–Trinajstić information content (AvgIpc) is 3.75. The number of rotatable bonds is 4. The largest absolute Gasteiger partial charge is 0.455 e. The Bertz CT molecular complexity index is 3940. The molecule has 10 rings (SSSR count). The molecule has 0 aliphatic carbocycles. The summed E-state index contributed by atoms with van der Waals surface area (Å²) in [7, 11) is 0. The SMILES string of the molecule is [2H]c1c([2H])c([2H])c(-c2c([2H])c([2H])c3c(c2[2H])c([2H])c([2H])c2c3oc3c([2H])c([2H])c([2H])c(-c4c5c([2H])c([2H])c([2H])c([2H])c5c(-c5ccc(-c6ccccc6)cc5)c5c([2H])c([2H])c([2H])c([2H])c45)c32)c([2H])c1[2H]. The first-order valence-electron chi connectivity index (χ1n) is 25.6. The highest BCUT2D eigenvalue weighted by Gasteiger charge is 2.21. The van der Waals surface area contributed by atoms with Crippen LogP contribution in [0.3, 0.4) is 0 Å². The first-order valence-corrected chi connectivity index (χ1v) is 15.1. The van der Waals surface area contributed by atoms with Crippen molar-refractivity contribution in [3.05, 3.63) is 181 Å². The molecular formula is C48H30O. The van der Waals surface area contributed by atoms with Crippen LogP contribution in [-0.2, 0) is 0 Å². The van der Waals surface area contributed by atoms with Gasteiger partial charge in [-0.05, 0) is 95.6 Å². The smallest absolute Gasteiger partial charge is 0.143 e. The van der Waals surface area contributed by atoms with Crippen LogP contribution in [0.1, 0.15) is 28.8 Å². The number of furan rings is 1. The highest BCUT2D eigenvalue weighted by Crippen LogP contribution is 2.47. The molecule has 1 nitrogen and oxygen atoms in total. The summed E-state index contributed by atoms with van der Waals surface area (Å²) in [5.41, 5.74) is -1.32. The maximum absolute atomic E-state index is 9.58. The molecule has 0 fully saturated rings. The number of hydrogen-bond acceptors (Lipinski definition) is 1. The third-order valence-electron chi connectivity index (χ3n) is 8.53. The normalized spacial score (nSPS) is 17.7. The van der Waals surface area contributed by atoms with E-state index >= 15 is 0 Å². The van der Waals surface area contributed by atoms with Gasteiger partial charge < -0.3 is 4.42 Å². The monoisotopic (exact) mass is 643 g/mol. The predicted octanol–water partition coefficient (Wildman–Crippen LogP) is 13.7. The van der Waals surface area contributed by atoms with Crippen LogP contribution in [0, 0.1) is 0 Å². The van der Waals surface area contributed by atoms with Crippen molar-refractivity contribution in [1.82, 2.24) is 0 Å². The molecule has 0 spiro atoms. The molecule has 0 amide bonds. The minimum atomic E-state index is -0.833. The van der Waals surface area contributed by atoms with Crippen molar-refractivity contribution in [2.45, 2.75) is 0 Å². The van der Waals surface area contributed by atoms with Crippen molar-refractivity contribution in [3.8, 4) is 44.5 Å². The summed E-state index contributed by atoms with van der Waals surface area (Å²) < 4.78 is 196. The van der Waals surface area contributed by atoms with Crippen LogP contribution in [-0.4, -0.2) is 0 Å². The minimum absolute atomic E-state index is 0.0178. The highest BCUT2D eigenvalue weighted by atomic mass is 16.3. The van der Waals surface area contributed by atoms with Gasteiger partial charge in [0.25, 0.3) is 0 Å². The van der Waals surface area contributed by atoms with Crippen molar-refractivity contribution in [1.29, 1.82) is 0 Å². The lowest BCUT2D eigenvalue weighted by molar-refractivity contribution is 0.673. The lowest BCUT2D eigenvalue weighted by Gasteiger charge is -2.18. The van der Waals surface area contributed by atoms with Crippen LogP contribution in [0.5, 0.6) is 0 Å². The van der Waals surface area contributed by atoms with Gasteiger partial charge in [0.2, 0.25) is 0 Å². The van der Waals surface area contributed by atoms with E-state index in [1.54, 1.807) is 24.3 Å². The Balaban J connectivity index is 1.44.